The standard InChI is InChI=1S/C31H33ClN4O3S/c1-20-7-11-29(12-8-20)40(38,39)35(27-10-9-23(4)30(32)17-27)19-31(37)34-33-18-26-16-24(5)36(25(26)6)28-14-21(2)13-22(3)15-28/h7-18H,19H2,1-6H3,(H,34,37)/b33-18-. The van der Waals surface area contributed by atoms with E-state index in [1.807, 2.05) is 33.8 Å². The summed E-state index contributed by atoms with van der Waals surface area (Å²) in [6.07, 6.45) is 1.57. The second-order valence-electron chi connectivity index (χ2n) is 10.1. The Morgan fingerprint density at radius 2 is 1.55 bits per heavy atom. The Labute approximate surface area is 241 Å². The quantitative estimate of drug-likeness (QED) is 0.197. The number of anilines is 1. The number of carbonyl (C=O) groups is 1. The number of nitrogens with one attached hydrogen (secondary N) is 1. The SMILES string of the molecule is Cc1ccc(S(=O)(=O)N(CC(=O)N/N=C\c2cc(C)n(-c3cc(C)cc(C)c3)c2C)c2ccc(C)c(Cl)c2)cc1. The molecule has 0 saturated carbocycles. The maximum absolute atomic E-state index is 13.6. The molecule has 1 heterocycles. The van der Waals surface area contributed by atoms with Crippen LogP contribution in [-0.4, -0.2) is 31.7 Å². The summed E-state index contributed by atoms with van der Waals surface area (Å²) < 4.78 is 30.4. The third-order valence-electron chi connectivity index (χ3n) is 6.67. The summed E-state index contributed by atoms with van der Waals surface area (Å²) in [6, 6.07) is 19.7. The maximum atomic E-state index is 13.6. The zero-order valence-electron chi connectivity index (χ0n) is 23.5. The van der Waals surface area contributed by atoms with E-state index in [0.29, 0.717) is 5.02 Å². The number of hydrogen-bond donors (Lipinski definition) is 1. The van der Waals surface area contributed by atoms with Gasteiger partial charge in [0.05, 0.1) is 16.8 Å². The van der Waals surface area contributed by atoms with Gasteiger partial charge in [-0.15, -0.1) is 0 Å². The third-order valence-corrected chi connectivity index (χ3v) is 8.86. The van der Waals surface area contributed by atoms with Crippen LogP contribution in [0.1, 0.15) is 39.2 Å². The highest BCUT2D eigenvalue weighted by Gasteiger charge is 2.27. The monoisotopic (exact) mass is 576 g/mol. The van der Waals surface area contributed by atoms with Crippen LogP contribution in [0.25, 0.3) is 5.69 Å². The summed E-state index contributed by atoms with van der Waals surface area (Å²) in [4.78, 5) is 13.1. The summed E-state index contributed by atoms with van der Waals surface area (Å²) >= 11 is 6.31. The van der Waals surface area contributed by atoms with E-state index in [-0.39, 0.29) is 10.6 Å². The average molecular weight is 577 g/mol. The Kier molecular flexibility index (Phi) is 8.51. The molecule has 7 nitrogen and oxygen atoms in total. The van der Waals surface area contributed by atoms with Gasteiger partial charge in [-0.25, -0.2) is 13.8 Å². The van der Waals surface area contributed by atoms with Gasteiger partial charge in [0.2, 0.25) is 0 Å². The second kappa shape index (κ2) is 11.7. The normalized spacial score (nSPS) is 11.7. The molecule has 4 aromatic rings. The van der Waals surface area contributed by atoms with Crippen molar-refractivity contribution >= 4 is 39.4 Å². The lowest BCUT2D eigenvalue weighted by Gasteiger charge is -2.24. The van der Waals surface area contributed by atoms with E-state index in [1.165, 1.54) is 23.3 Å². The molecule has 0 fully saturated rings. The highest BCUT2D eigenvalue weighted by atomic mass is 35.5. The number of aromatic nitrogens is 1. The van der Waals surface area contributed by atoms with Crippen molar-refractivity contribution in [1.82, 2.24) is 9.99 Å². The smallest absolute Gasteiger partial charge is 0.264 e. The molecule has 1 N–H and O–H groups in total. The van der Waals surface area contributed by atoms with Gasteiger partial charge < -0.3 is 4.57 Å². The van der Waals surface area contributed by atoms with E-state index < -0.39 is 22.5 Å². The fraction of sp³-hybridized carbons (Fsp3) is 0.226. The number of sulfonamides is 1. The largest absolute Gasteiger partial charge is 0.318 e. The molecule has 0 atom stereocenters. The Morgan fingerprint density at radius 3 is 2.17 bits per heavy atom. The molecule has 0 bridgehead atoms. The Hall–Kier alpha value is -3.88. The molecule has 0 unspecified atom stereocenters. The van der Waals surface area contributed by atoms with E-state index in [1.54, 1.807) is 36.5 Å². The number of hydrogen-bond acceptors (Lipinski definition) is 4. The minimum absolute atomic E-state index is 0.0740. The molecular weight excluding hydrogens is 544 g/mol. The number of benzene rings is 3. The molecule has 4 rings (SSSR count). The van der Waals surface area contributed by atoms with E-state index in [4.69, 9.17) is 11.6 Å². The van der Waals surface area contributed by atoms with E-state index in [2.05, 4.69) is 47.1 Å². The van der Waals surface area contributed by atoms with Crippen molar-refractivity contribution in [1.29, 1.82) is 0 Å². The molecule has 9 heteroatoms. The van der Waals surface area contributed by atoms with Crippen molar-refractivity contribution in [3.63, 3.8) is 0 Å². The van der Waals surface area contributed by atoms with Gasteiger partial charge in [0, 0.05) is 27.7 Å². The van der Waals surface area contributed by atoms with Gasteiger partial charge in [-0.2, -0.15) is 5.10 Å². The zero-order valence-corrected chi connectivity index (χ0v) is 25.1. The molecule has 1 amide bonds. The summed E-state index contributed by atoms with van der Waals surface area (Å²) in [7, 11) is -4.06. The first kappa shape index (κ1) is 29.1. The first-order valence-corrected chi connectivity index (χ1v) is 14.6. The van der Waals surface area contributed by atoms with Crippen molar-refractivity contribution in [3.05, 3.63) is 111 Å². The van der Waals surface area contributed by atoms with E-state index >= 15 is 0 Å². The third kappa shape index (κ3) is 6.29. The number of amides is 1. The van der Waals surface area contributed by atoms with Crippen LogP contribution in [0.5, 0.6) is 0 Å². The fourth-order valence-electron chi connectivity index (χ4n) is 4.62. The topological polar surface area (TPSA) is 83.8 Å². The van der Waals surface area contributed by atoms with Crippen LogP contribution in [0.2, 0.25) is 5.02 Å². The number of nitrogens with zero attached hydrogens (tertiary/aromatic N) is 3. The Morgan fingerprint density at radius 1 is 0.900 bits per heavy atom. The lowest BCUT2D eigenvalue weighted by Crippen LogP contribution is -2.39. The molecule has 0 aliphatic heterocycles. The Balaban J connectivity index is 1.58. The van der Waals surface area contributed by atoms with Crippen LogP contribution in [0, 0.1) is 41.5 Å². The van der Waals surface area contributed by atoms with Gasteiger partial charge in [-0.3, -0.25) is 9.10 Å². The van der Waals surface area contributed by atoms with Gasteiger partial charge in [0.1, 0.15) is 6.54 Å². The molecule has 208 valence electrons. The lowest BCUT2D eigenvalue weighted by molar-refractivity contribution is -0.119. The van der Waals surface area contributed by atoms with Crippen molar-refractivity contribution in [2.24, 2.45) is 5.10 Å². The number of halogens is 1. The van der Waals surface area contributed by atoms with Crippen LogP contribution in [0.3, 0.4) is 0 Å². The maximum Gasteiger partial charge on any atom is 0.264 e. The zero-order chi connectivity index (χ0) is 29.2. The highest BCUT2D eigenvalue weighted by Crippen LogP contribution is 2.28. The van der Waals surface area contributed by atoms with Gasteiger partial charge in [-0.1, -0.05) is 41.4 Å². The minimum atomic E-state index is -4.06. The first-order valence-electron chi connectivity index (χ1n) is 12.8. The number of hydrazone groups is 1. The van der Waals surface area contributed by atoms with Crippen molar-refractivity contribution in [2.75, 3.05) is 10.8 Å². The van der Waals surface area contributed by atoms with E-state index in [9.17, 15) is 13.2 Å². The van der Waals surface area contributed by atoms with Gasteiger partial charge in [0.25, 0.3) is 15.9 Å². The lowest BCUT2D eigenvalue weighted by atomic mass is 10.1. The molecule has 0 aliphatic rings. The second-order valence-corrected chi connectivity index (χ2v) is 12.3. The number of carbonyl (C=O) groups excluding carboxylic acids is 1. The molecule has 0 spiro atoms. The highest BCUT2D eigenvalue weighted by molar-refractivity contribution is 7.92. The van der Waals surface area contributed by atoms with Crippen LogP contribution in [0.4, 0.5) is 5.69 Å². The van der Waals surface area contributed by atoms with E-state index in [0.717, 1.165) is 38.1 Å². The van der Waals surface area contributed by atoms with Crippen molar-refractivity contribution < 1.29 is 13.2 Å². The van der Waals surface area contributed by atoms with Crippen LogP contribution in [-0.2, 0) is 14.8 Å². The van der Waals surface area contributed by atoms with Gasteiger partial charge in [0.15, 0.2) is 0 Å². The molecule has 3 aromatic carbocycles. The summed E-state index contributed by atoms with van der Waals surface area (Å²) in [6.45, 7) is 11.4. The molecule has 1 aromatic heterocycles. The Bertz CT molecular complexity index is 1690. The predicted octanol–water partition coefficient (Wildman–Crippen LogP) is 6.33. The number of aryl methyl sites for hydroxylation is 5. The summed E-state index contributed by atoms with van der Waals surface area (Å²) in [5.41, 5.74) is 10.7. The van der Waals surface area contributed by atoms with Crippen LogP contribution >= 0.6 is 11.6 Å². The summed E-state index contributed by atoms with van der Waals surface area (Å²) in [5.74, 6) is -0.591. The van der Waals surface area contributed by atoms with Gasteiger partial charge >= 0.3 is 0 Å². The molecule has 0 radical (unpaired) electrons. The molecule has 0 aliphatic carbocycles. The first-order chi connectivity index (χ1) is 18.9. The van der Waals surface area contributed by atoms with Crippen molar-refractivity contribution in [3.8, 4) is 5.69 Å². The molecule has 0 saturated heterocycles. The number of rotatable bonds is 8. The van der Waals surface area contributed by atoms with Crippen molar-refractivity contribution in [2.45, 2.75) is 46.4 Å². The summed E-state index contributed by atoms with van der Waals surface area (Å²) in [5, 5.41) is 4.55. The fourth-order valence-corrected chi connectivity index (χ4v) is 6.21. The van der Waals surface area contributed by atoms with Crippen LogP contribution in [0.15, 0.2) is 76.7 Å². The molecular formula is C31H33ClN4O3S. The van der Waals surface area contributed by atoms with Crippen LogP contribution < -0.4 is 9.73 Å². The predicted molar refractivity (Wildman–Crippen MR) is 162 cm³/mol. The average Bonchev–Trinajstić information content (AvgIpc) is 3.16. The molecule has 40 heavy (non-hydrogen) atoms. The van der Waals surface area contributed by atoms with Gasteiger partial charge in [-0.05, 0) is 101 Å². The minimum Gasteiger partial charge on any atom is -0.318 e.